The minimum absolute atomic E-state index is 0.0269. The van der Waals surface area contributed by atoms with Crippen LogP contribution in [0, 0.1) is 12.8 Å². The van der Waals surface area contributed by atoms with Crippen molar-refractivity contribution in [3.8, 4) is 0 Å². The predicted molar refractivity (Wildman–Crippen MR) is 65.6 cm³/mol. The topological polar surface area (TPSA) is 72.9 Å². The Morgan fingerprint density at radius 3 is 3.00 bits per heavy atom. The van der Waals surface area contributed by atoms with E-state index in [0.717, 1.165) is 25.0 Å². The van der Waals surface area contributed by atoms with Crippen LogP contribution in [0.15, 0.2) is 6.20 Å². The third kappa shape index (κ3) is 2.49. The van der Waals surface area contributed by atoms with Crippen LogP contribution in [0.5, 0.6) is 0 Å². The number of hydrogen-bond acceptors (Lipinski definition) is 3. The van der Waals surface area contributed by atoms with E-state index >= 15 is 0 Å². The van der Waals surface area contributed by atoms with Gasteiger partial charge in [0.25, 0.3) is 5.91 Å². The summed E-state index contributed by atoms with van der Waals surface area (Å²) < 4.78 is 1.67. The maximum absolute atomic E-state index is 12.1. The Kier molecular flexibility index (Phi) is 3.47. The molecule has 0 spiro atoms. The SMILES string of the molecule is Cc1nn(C)cc1C(=O)NC1CCCC1CN. The third-order valence-corrected chi connectivity index (χ3v) is 3.54. The van der Waals surface area contributed by atoms with Gasteiger partial charge in [0.05, 0.1) is 11.3 Å². The molecule has 1 fully saturated rings. The van der Waals surface area contributed by atoms with Gasteiger partial charge in [-0.1, -0.05) is 6.42 Å². The molecule has 0 aliphatic heterocycles. The van der Waals surface area contributed by atoms with E-state index in [1.807, 2.05) is 14.0 Å². The fourth-order valence-electron chi connectivity index (χ4n) is 2.58. The van der Waals surface area contributed by atoms with E-state index in [1.165, 1.54) is 0 Å². The van der Waals surface area contributed by atoms with Gasteiger partial charge in [-0.05, 0) is 32.2 Å². The minimum Gasteiger partial charge on any atom is -0.349 e. The summed E-state index contributed by atoms with van der Waals surface area (Å²) in [6.07, 6.45) is 5.07. The van der Waals surface area contributed by atoms with Gasteiger partial charge in [0, 0.05) is 19.3 Å². The van der Waals surface area contributed by atoms with Crippen LogP contribution in [0.2, 0.25) is 0 Å². The molecular weight excluding hydrogens is 216 g/mol. The smallest absolute Gasteiger partial charge is 0.254 e. The van der Waals surface area contributed by atoms with Crippen LogP contribution < -0.4 is 11.1 Å². The Morgan fingerprint density at radius 1 is 1.65 bits per heavy atom. The molecule has 2 rings (SSSR count). The van der Waals surface area contributed by atoms with E-state index in [4.69, 9.17) is 5.73 Å². The van der Waals surface area contributed by atoms with Gasteiger partial charge >= 0.3 is 0 Å². The quantitative estimate of drug-likeness (QED) is 0.806. The van der Waals surface area contributed by atoms with Crippen molar-refractivity contribution in [2.45, 2.75) is 32.2 Å². The fraction of sp³-hybridized carbons (Fsp3) is 0.667. The lowest BCUT2D eigenvalue weighted by Gasteiger charge is -2.19. The number of aromatic nitrogens is 2. The molecule has 0 saturated heterocycles. The van der Waals surface area contributed by atoms with Crippen molar-refractivity contribution in [3.63, 3.8) is 0 Å². The number of amides is 1. The molecule has 5 heteroatoms. The molecule has 0 bridgehead atoms. The summed E-state index contributed by atoms with van der Waals surface area (Å²) in [6, 6.07) is 0.229. The Balaban J connectivity index is 2.04. The molecule has 17 heavy (non-hydrogen) atoms. The summed E-state index contributed by atoms with van der Waals surface area (Å²) in [7, 11) is 1.82. The first-order valence-electron chi connectivity index (χ1n) is 6.13. The normalized spacial score (nSPS) is 23.9. The van der Waals surface area contributed by atoms with Gasteiger partial charge in [0.1, 0.15) is 0 Å². The van der Waals surface area contributed by atoms with Crippen molar-refractivity contribution >= 4 is 5.91 Å². The second-order valence-electron chi connectivity index (χ2n) is 4.81. The van der Waals surface area contributed by atoms with Crippen LogP contribution in [0.1, 0.15) is 35.3 Å². The summed E-state index contributed by atoms with van der Waals surface area (Å²) in [4.78, 5) is 12.1. The number of rotatable bonds is 3. The number of carbonyl (C=O) groups is 1. The number of hydrogen-bond donors (Lipinski definition) is 2. The molecule has 5 nitrogen and oxygen atoms in total. The molecule has 0 aromatic carbocycles. The van der Waals surface area contributed by atoms with E-state index in [1.54, 1.807) is 10.9 Å². The van der Waals surface area contributed by atoms with Crippen LogP contribution in [0.4, 0.5) is 0 Å². The molecule has 1 aromatic heterocycles. The highest BCUT2D eigenvalue weighted by molar-refractivity contribution is 5.95. The molecule has 3 N–H and O–H groups in total. The number of carbonyl (C=O) groups excluding carboxylic acids is 1. The summed E-state index contributed by atoms with van der Waals surface area (Å²) in [6.45, 7) is 2.50. The highest BCUT2D eigenvalue weighted by Crippen LogP contribution is 2.24. The standard InChI is InChI=1S/C12H20N4O/c1-8-10(7-16(2)15-8)12(17)14-11-5-3-4-9(11)6-13/h7,9,11H,3-6,13H2,1-2H3,(H,14,17). The molecule has 1 heterocycles. The summed E-state index contributed by atoms with van der Waals surface area (Å²) in [5, 5.41) is 7.26. The number of nitrogens with two attached hydrogens (primary N) is 1. The zero-order valence-corrected chi connectivity index (χ0v) is 10.4. The first-order chi connectivity index (χ1) is 8.11. The van der Waals surface area contributed by atoms with Crippen molar-refractivity contribution < 1.29 is 4.79 Å². The molecule has 1 aromatic rings. The van der Waals surface area contributed by atoms with Gasteiger partial charge in [-0.2, -0.15) is 5.10 Å². The second-order valence-corrected chi connectivity index (χ2v) is 4.81. The number of nitrogens with zero attached hydrogens (tertiary/aromatic N) is 2. The Morgan fingerprint density at radius 2 is 2.41 bits per heavy atom. The second kappa shape index (κ2) is 4.87. The molecule has 1 saturated carbocycles. The maximum Gasteiger partial charge on any atom is 0.254 e. The molecular formula is C12H20N4O. The molecule has 2 unspecified atom stereocenters. The van der Waals surface area contributed by atoms with Crippen LogP contribution >= 0.6 is 0 Å². The van der Waals surface area contributed by atoms with Gasteiger partial charge in [-0.25, -0.2) is 0 Å². The molecule has 0 radical (unpaired) electrons. The Labute approximate surface area is 101 Å². The number of aryl methyl sites for hydroxylation is 2. The van der Waals surface area contributed by atoms with Gasteiger partial charge in [-0.3, -0.25) is 9.48 Å². The minimum atomic E-state index is -0.0269. The maximum atomic E-state index is 12.1. The van der Waals surface area contributed by atoms with Crippen molar-refractivity contribution in [2.24, 2.45) is 18.7 Å². The highest BCUT2D eigenvalue weighted by Gasteiger charge is 2.28. The largest absolute Gasteiger partial charge is 0.349 e. The molecule has 1 aliphatic carbocycles. The Bertz CT molecular complexity index is 413. The van der Waals surface area contributed by atoms with Crippen molar-refractivity contribution in [2.75, 3.05) is 6.54 Å². The molecule has 1 amide bonds. The number of nitrogens with one attached hydrogen (secondary N) is 1. The van der Waals surface area contributed by atoms with E-state index < -0.39 is 0 Å². The predicted octanol–water partition coefficient (Wildman–Crippen LogP) is 0.586. The third-order valence-electron chi connectivity index (χ3n) is 3.54. The zero-order chi connectivity index (χ0) is 12.4. The van der Waals surface area contributed by atoms with Crippen molar-refractivity contribution in [3.05, 3.63) is 17.5 Å². The van der Waals surface area contributed by atoms with Crippen LogP contribution in [0.3, 0.4) is 0 Å². The lowest BCUT2D eigenvalue weighted by Crippen LogP contribution is -2.39. The first-order valence-corrected chi connectivity index (χ1v) is 6.13. The van der Waals surface area contributed by atoms with Crippen molar-refractivity contribution in [1.29, 1.82) is 0 Å². The Hall–Kier alpha value is -1.36. The lowest BCUT2D eigenvalue weighted by atomic mass is 10.0. The van der Waals surface area contributed by atoms with Crippen molar-refractivity contribution in [1.82, 2.24) is 15.1 Å². The molecule has 1 aliphatic rings. The average Bonchev–Trinajstić information content (AvgIpc) is 2.84. The van der Waals surface area contributed by atoms with E-state index in [-0.39, 0.29) is 11.9 Å². The summed E-state index contributed by atoms with van der Waals surface area (Å²) >= 11 is 0. The van der Waals surface area contributed by atoms with E-state index in [0.29, 0.717) is 18.0 Å². The van der Waals surface area contributed by atoms with Crippen LogP contribution in [-0.2, 0) is 7.05 Å². The average molecular weight is 236 g/mol. The highest BCUT2D eigenvalue weighted by atomic mass is 16.1. The van der Waals surface area contributed by atoms with E-state index in [9.17, 15) is 4.79 Å². The van der Waals surface area contributed by atoms with Gasteiger partial charge in [0.15, 0.2) is 0 Å². The van der Waals surface area contributed by atoms with Gasteiger partial charge in [0.2, 0.25) is 0 Å². The monoisotopic (exact) mass is 236 g/mol. The summed E-state index contributed by atoms with van der Waals surface area (Å²) in [5.74, 6) is 0.400. The summed E-state index contributed by atoms with van der Waals surface area (Å²) in [5.41, 5.74) is 7.14. The van der Waals surface area contributed by atoms with Crippen LogP contribution in [0.25, 0.3) is 0 Å². The van der Waals surface area contributed by atoms with Gasteiger partial charge in [-0.15, -0.1) is 0 Å². The molecule has 94 valence electrons. The van der Waals surface area contributed by atoms with Crippen LogP contribution in [-0.4, -0.2) is 28.3 Å². The first kappa shape index (κ1) is 12.1. The van der Waals surface area contributed by atoms with Gasteiger partial charge < -0.3 is 11.1 Å². The fourth-order valence-corrected chi connectivity index (χ4v) is 2.58. The zero-order valence-electron chi connectivity index (χ0n) is 10.4. The molecule has 2 atom stereocenters. The lowest BCUT2D eigenvalue weighted by molar-refractivity contribution is 0.0928. The van der Waals surface area contributed by atoms with E-state index in [2.05, 4.69) is 10.4 Å².